The van der Waals surface area contributed by atoms with Crippen molar-refractivity contribution in [3.05, 3.63) is 76.8 Å². The van der Waals surface area contributed by atoms with Gasteiger partial charge in [-0.3, -0.25) is 14.8 Å². The zero-order chi connectivity index (χ0) is 21.4. The number of amides is 1. The molecule has 1 N–H and O–H groups in total. The normalized spacial score (nSPS) is 12.4. The first-order valence-electron chi connectivity index (χ1n) is 9.29. The summed E-state index contributed by atoms with van der Waals surface area (Å²) in [5.41, 5.74) is 2.48. The summed E-state index contributed by atoms with van der Waals surface area (Å²) in [6.07, 6.45) is 0. The molecule has 2 heterocycles. The van der Waals surface area contributed by atoms with Crippen LogP contribution in [0.3, 0.4) is 0 Å². The lowest BCUT2D eigenvalue weighted by molar-refractivity contribution is -0.115. The number of fused-ring (bicyclic) bond motifs is 2. The van der Waals surface area contributed by atoms with Crippen LogP contribution < -0.4 is 4.90 Å². The minimum absolute atomic E-state index is 0.0407. The Kier molecular flexibility index (Phi) is 5.67. The van der Waals surface area contributed by atoms with Gasteiger partial charge in [0.05, 0.1) is 22.2 Å². The van der Waals surface area contributed by atoms with Crippen molar-refractivity contribution in [3.63, 3.8) is 0 Å². The summed E-state index contributed by atoms with van der Waals surface area (Å²) < 4.78 is 0. The fourth-order valence-corrected chi connectivity index (χ4v) is 5.48. The Morgan fingerprint density at radius 1 is 1.00 bits per heavy atom. The molecule has 0 radical (unpaired) electrons. The number of anilines is 2. The van der Waals surface area contributed by atoms with Crippen LogP contribution in [0.5, 0.6) is 0 Å². The van der Waals surface area contributed by atoms with Crippen molar-refractivity contribution in [1.29, 1.82) is 0 Å². The summed E-state index contributed by atoms with van der Waals surface area (Å²) in [4.78, 5) is 21.6. The molecule has 0 atom stereocenters. The number of rotatable bonds is 4. The van der Waals surface area contributed by atoms with E-state index in [0.29, 0.717) is 26.6 Å². The van der Waals surface area contributed by atoms with Gasteiger partial charge in [0.2, 0.25) is 11.1 Å². The number of aromatic amines is 1. The molecule has 31 heavy (non-hydrogen) atoms. The number of carbonyl (C=O) groups is 1. The minimum atomic E-state index is -0.0407. The monoisotopic (exact) mass is 484 g/mol. The second-order valence-corrected chi connectivity index (χ2v) is 9.52. The van der Waals surface area contributed by atoms with Gasteiger partial charge in [-0.1, -0.05) is 71.0 Å². The first kappa shape index (κ1) is 20.5. The van der Waals surface area contributed by atoms with Gasteiger partial charge in [0.25, 0.3) is 0 Å². The number of nitrogens with zero attached hydrogens (tertiary/aromatic N) is 3. The predicted molar refractivity (Wildman–Crippen MR) is 127 cm³/mol. The van der Waals surface area contributed by atoms with Crippen molar-refractivity contribution in [1.82, 2.24) is 15.2 Å². The number of thioether (sulfide) groups is 1. The van der Waals surface area contributed by atoms with Crippen molar-refractivity contribution < 1.29 is 4.79 Å². The van der Waals surface area contributed by atoms with Crippen LogP contribution >= 0.6 is 46.7 Å². The maximum absolute atomic E-state index is 13.3. The maximum atomic E-state index is 13.3. The Bertz CT molecular complexity index is 1250. The highest BCUT2D eigenvalue weighted by Gasteiger charge is 2.28. The molecule has 0 unspecified atom stereocenters. The van der Waals surface area contributed by atoms with E-state index in [2.05, 4.69) is 15.2 Å². The third-order valence-electron chi connectivity index (χ3n) is 4.66. The lowest BCUT2D eigenvalue weighted by atomic mass is 10.2. The van der Waals surface area contributed by atoms with E-state index in [1.54, 1.807) is 34.9 Å². The van der Waals surface area contributed by atoms with Gasteiger partial charge in [0.1, 0.15) is 0 Å². The molecule has 154 valence electrons. The number of halogens is 2. The molecule has 0 spiro atoms. The van der Waals surface area contributed by atoms with Gasteiger partial charge in [0, 0.05) is 20.4 Å². The SMILES string of the molecule is O=C(CSc1n[nH]c(-c2ccc(Cl)cc2Cl)n1)N1c2ccccc2Sc2ccccc21. The van der Waals surface area contributed by atoms with E-state index in [1.165, 1.54) is 11.8 Å². The van der Waals surface area contributed by atoms with Crippen molar-refractivity contribution in [2.45, 2.75) is 14.9 Å². The van der Waals surface area contributed by atoms with Gasteiger partial charge in [-0.25, -0.2) is 4.98 Å². The summed E-state index contributed by atoms with van der Waals surface area (Å²) >= 11 is 15.2. The number of benzene rings is 3. The van der Waals surface area contributed by atoms with Gasteiger partial charge < -0.3 is 0 Å². The second-order valence-electron chi connectivity index (χ2n) is 6.65. The molecule has 4 aromatic rings. The van der Waals surface area contributed by atoms with E-state index in [0.717, 1.165) is 21.2 Å². The molecule has 5 nitrogen and oxygen atoms in total. The first-order valence-corrected chi connectivity index (χ1v) is 11.9. The smallest absolute Gasteiger partial charge is 0.242 e. The van der Waals surface area contributed by atoms with Crippen LogP contribution in [0.25, 0.3) is 11.4 Å². The van der Waals surface area contributed by atoms with Crippen LogP contribution in [0.1, 0.15) is 0 Å². The number of H-pyrrole nitrogens is 1. The van der Waals surface area contributed by atoms with E-state index in [1.807, 2.05) is 48.5 Å². The molecule has 0 saturated heterocycles. The van der Waals surface area contributed by atoms with Crippen LogP contribution in [-0.4, -0.2) is 26.8 Å². The lowest BCUT2D eigenvalue weighted by Gasteiger charge is -2.30. The quantitative estimate of drug-likeness (QED) is 0.326. The van der Waals surface area contributed by atoms with E-state index in [9.17, 15) is 4.79 Å². The van der Waals surface area contributed by atoms with Crippen molar-refractivity contribution in [2.24, 2.45) is 0 Å². The second kappa shape index (κ2) is 8.59. The highest BCUT2D eigenvalue weighted by molar-refractivity contribution is 8.00. The summed E-state index contributed by atoms with van der Waals surface area (Å²) in [5, 5.41) is 8.61. The topological polar surface area (TPSA) is 61.9 Å². The summed E-state index contributed by atoms with van der Waals surface area (Å²) in [5.74, 6) is 0.682. The molecule has 1 aromatic heterocycles. The maximum Gasteiger partial charge on any atom is 0.242 e. The molecule has 3 aromatic carbocycles. The number of aromatic nitrogens is 3. The predicted octanol–water partition coefficient (Wildman–Crippen LogP) is 6.70. The van der Waals surface area contributed by atoms with Gasteiger partial charge >= 0.3 is 0 Å². The lowest BCUT2D eigenvalue weighted by Crippen LogP contribution is -2.30. The van der Waals surface area contributed by atoms with Gasteiger partial charge in [-0.15, -0.1) is 5.10 Å². The fourth-order valence-electron chi connectivity index (χ4n) is 3.28. The summed E-state index contributed by atoms with van der Waals surface area (Å²) in [6, 6.07) is 21.0. The highest BCUT2D eigenvalue weighted by atomic mass is 35.5. The molecule has 5 rings (SSSR count). The fraction of sp³-hybridized carbons (Fsp3) is 0.0455. The number of hydrogen-bond donors (Lipinski definition) is 1. The molecule has 0 bridgehead atoms. The van der Waals surface area contributed by atoms with E-state index in [4.69, 9.17) is 23.2 Å². The zero-order valence-electron chi connectivity index (χ0n) is 15.9. The third kappa shape index (κ3) is 4.06. The molecular weight excluding hydrogens is 471 g/mol. The number of carbonyl (C=O) groups excluding carboxylic acids is 1. The van der Waals surface area contributed by atoms with Gasteiger partial charge in [0.15, 0.2) is 5.82 Å². The molecular formula is C22H14Cl2N4OS2. The Balaban J connectivity index is 1.37. The summed E-state index contributed by atoms with van der Waals surface area (Å²) in [7, 11) is 0. The molecule has 9 heteroatoms. The molecule has 1 aliphatic rings. The van der Waals surface area contributed by atoms with E-state index < -0.39 is 0 Å². The van der Waals surface area contributed by atoms with Crippen LogP contribution in [0.15, 0.2) is 81.7 Å². The summed E-state index contributed by atoms with van der Waals surface area (Å²) in [6.45, 7) is 0. The molecule has 1 amide bonds. The van der Waals surface area contributed by atoms with Crippen molar-refractivity contribution >= 4 is 64.0 Å². The molecule has 0 saturated carbocycles. The molecule has 1 aliphatic heterocycles. The minimum Gasteiger partial charge on any atom is -0.278 e. The Hall–Kier alpha value is -2.45. The van der Waals surface area contributed by atoms with Crippen molar-refractivity contribution in [3.8, 4) is 11.4 Å². The van der Waals surface area contributed by atoms with Crippen molar-refractivity contribution in [2.75, 3.05) is 10.7 Å². The van der Waals surface area contributed by atoms with Crippen LogP contribution in [0.4, 0.5) is 11.4 Å². The van der Waals surface area contributed by atoms with Crippen LogP contribution in [-0.2, 0) is 4.79 Å². The zero-order valence-corrected chi connectivity index (χ0v) is 19.0. The van der Waals surface area contributed by atoms with Crippen LogP contribution in [0.2, 0.25) is 10.0 Å². The van der Waals surface area contributed by atoms with Crippen LogP contribution in [0, 0.1) is 0 Å². The Morgan fingerprint density at radius 3 is 2.35 bits per heavy atom. The third-order valence-corrected chi connectivity index (χ3v) is 7.17. The molecule has 0 fully saturated rings. The Labute approximate surface area is 197 Å². The largest absolute Gasteiger partial charge is 0.278 e. The number of nitrogens with one attached hydrogen (secondary N) is 1. The number of para-hydroxylation sites is 2. The van der Waals surface area contributed by atoms with E-state index >= 15 is 0 Å². The van der Waals surface area contributed by atoms with Gasteiger partial charge in [-0.2, -0.15) is 0 Å². The standard InChI is InChI=1S/C22H14Cl2N4OS2/c23-13-9-10-14(15(24)11-13)21-25-22(27-26-21)30-12-20(29)28-16-5-1-3-7-18(16)31-19-8-4-2-6-17(19)28/h1-11H,12H2,(H,25,26,27). The first-order chi connectivity index (χ1) is 15.1. The number of hydrogen-bond acceptors (Lipinski definition) is 5. The van der Waals surface area contributed by atoms with E-state index in [-0.39, 0.29) is 11.7 Å². The molecule has 0 aliphatic carbocycles. The van der Waals surface area contributed by atoms with Gasteiger partial charge in [-0.05, 0) is 42.5 Å². The average Bonchev–Trinajstić information content (AvgIpc) is 3.24. The average molecular weight is 485 g/mol. The Morgan fingerprint density at radius 2 is 1.68 bits per heavy atom. The highest BCUT2D eigenvalue weighted by Crippen LogP contribution is 2.48.